The Morgan fingerprint density at radius 3 is 1.75 bits per heavy atom. The van der Waals surface area contributed by atoms with Gasteiger partial charge in [-0.3, -0.25) is 9.36 Å². The molecule has 0 saturated heterocycles. The second kappa shape index (κ2) is 28.2. The molecule has 3 unspecified atom stereocenters. The standard InChI is InChI=1S/C35H69N2O6P/c1-6-8-9-10-11-12-13-14-15-16-17-18-19-20-21-22-23-24-25-26-27-28-29-34(38)33(36-35(39)7-2)32-43-44(40,41)42-31-30-37(3,4)5/h24-25,28-29,33-34,38H,6-23,26-27,30-32H2,1-5H3,(H-,36,39,40,41)/b25-24+,29-28+. The number of unbranched alkanes of at least 4 members (excludes halogenated alkanes) is 17. The van der Waals surface area contributed by atoms with E-state index in [0.717, 1.165) is 19.3 Å². The van der Waals surface area contributed by atoms with Crippen LogP contribution >= 0.6 is 7.82 Å². The summed E-state index contributed by atoms with van der Waals surface area (Å²) in [5.41, 5.74) is 0. The van der Waals surface area contributed by atoms with Gasteiger partial charge in [0.25, 0.3) is 7.82 Å². The molecular weight excluding hydrogens is 575 g/mol. The molecule has 8 nitrogen and oxygen atoms in total. The van der Waals surface area contributed by atoms with Gasteiger partial charge in [-0.15, -0.1) is 0 Å². The topological polar surface area (TPSA) is 108 Å². The van der Waals surface area contributed by atoms with Crippen LogP contribution in [0.2, 0.25) is 0 Å². The van der Waals surface area contributed by atoms with Crippen molar-refractivity contribution in [3.8, 4) is 0 Å². The van der Waals surface area contributed by atoms with Crippen LogP contribution < -0.4 is 10.2 Å². The predicted octanol–water partition coefficient (Wildman–Crippen LogP) is 7.99. The fraction of sp³-hybridized carbons (Fsp3) is 0.857. The Balaban J connectivity index is 3.97. The van der Waals surface area contributed by atoms with Crippen molar-refractivity contribution in [3.05, 3.63) is 24.3 Å². The van der Waals surface area contributed by atoms with Gasteiger partial charge < -0.3 is 28.8 Å². The van der Waals surface area contributed by atoms with E-state index in [2.05, 4.69) is 24.4 Å². The summed E-state index contributed by atoms with van der Waals surface area (Å²) in [6.07, 6.45) is 31.8. The van der Waals surface area contributed by atoms with Gasteiger partial charge in [-0.05, 0) is 25.7 Å². The number of aliphatic hydroxyl groups is 1. The van der Waals surface area contributed by atoms with Crippen molar-refractivity contribution >= 4 is 13.7 Å². The molecule has 0 aromatic carbocycles. The van der Waals surface area contributed by atoms with Gasteiger partial charge in [-0.1, -0.05) is 134 Å². The Morgan fingerprint density at radius 2 is 1.25 bits per heavy atom. The van der Waals surface area contributed by atoms with Crippen molar-refractivity contribution in [3.63, 3.8) is 0 Å². The van der Waals surface area contributed by atoms with Crippen LogP contribution in [0.1, 0.15) is 142 Å². The van der Waals surface area contributed by atoms with Gasteiger partial charge in [0, 0.05) is 6.42 Å². The van der Waals surface area contributed by atoms with Crippen LogP contribution in [0.4, 0.5) is 0 Å². The van der Waals surface area contributed by atoms with Gasteiger partial charge >= 0.3 is 0 Å². The Labute approximate surface area is 271 Å². The number of phosphoric ester groups is 1. The Kier molecular flexibility index (Phi) is 27.6. The first-order valence-corrected chi connectivity index (χ1v) is 19.2. The zero-order chi connectivity index (χ0) is 32.9. The van der Waals surface area contributed by atoms with Crippen LogP contribution in [0, 0.1) is 0 Å². The molecule has 44 heavy (non-hydrogen) atoms. The van der Waals surface area contributed by atoms with Gasteiger partial charge in [0.05, 0.1) is 39.9 Å². The number of quaternary nitrogens is 1. The first-order valence-electron chi connectivity index (χ1n) is 17.7. The van der Waals surface area contributed by atoms with Gasteiger partial charge in [-0.2, -0.15) is 0 Å². The van der Waals surface area contributed by atoms with Gasteiger partial charge in [0.1, 0.15) is 13.2 Å². The molecule has 260 valence electrons. The predicted molar refractivity (Wildman–Crippen MR) is 182 cm³/mol. The number of aliphatic hydroxyl groups excluding tert-OH is 1. The van der Waals surface area contributed by atoms with Crippen LogP contribution in [0.5, 0.6) is 0 Å². The molecule has 0 saturated carbocycles. The number of nitrogens with one attached hydrogen (secondary N) is 1. The molecule has 0 heterocycles. The highest BCUT2D eigenvalue weighted by Gasteiger charge is 2.22. The molecule has 0 bridgehead atoms. The largest absolute Gasteiger partial charge is 0.756 e. The number of amides is 1. The Bertz CT molecular complexity index is 784. The highest BCUT2D eigenvalue weighted by atomic mass is 31.2. The Hall–Kier alpha value is -1.02. The van der Waals surface area contributed by atoms with E-state index in [1.54, 1.807) is 13.0 Å². The fourth-order valence-corrected chi connectivity index (χ4v) is 5.50. The zero-order valence-electron chi connectivity index (χ0n) is 29.1. The number of carbonyl (C=O) groups is 1. The molecule has 0 aliphatic carbocycles. The van der Waals surface area contributed by atoms with Crippen LogP contribution in [0.25, 0.3) is 0 Å². The van der Waals surface area contributed by atoms with Crippen molar-refractivity contribution in [2.45, 2.75) is 154 Å². The smallest absolute Gasteiger partial charge is 0.268 e. The second-order valence-corrected chi connectivity index (χ2v) is 14.6. The molecule has 0 aliphatic rings. The summed E-state index contributed by atoms with van der Waals surface area (Å²) < 4.78 is 22.6. The van der Waals surface area contributed by atoms with Crippen LogP contribution in [-0.4, -0.2) is 68.5 Å². The third-order valence-corrected chi connectivity index (χ3v) is 8.69. The summed E-state index contributed by atoms with van der Waals surface area (Å²) in [7, 11) is 1.23. The molecule has 0 radical (unpaired) electrons. The number of hydrogen-bond donors (Lipinski definition) is 2. The average Bonchev–Trinajstić information content (AvgIpc) is 2.96. The molecule has 1 amide bonds. The van der Waals surface area contributed by atoms with E-state index in [-0.39, 0.29) is 18.9 Å². The molecule has 9 heteroatoms. The molecule has 0 spiro atoms. The summed E-state index contributed by atoms with van der Waals surface area (Å²) in [5.74, 6) is -0.297. The second-order valence-electron chi connectivity index (χ2n) is 13.2. The van der Waals surface area contributed by atoms with E-state index >= 15 is 0 Å². The minimum Gasteiger partial charge on any atom is -0.756 e. The number of rotatable bonds is 31. The summed E-state index contributed by atoms with van der Waals surface area (Å²) in [4.78, 5) is 24.0. The third-order valence-electron chi connectivity index (χ3n) is 7.73. The zero-order valence-corrected chi connectivity index (χ0v) is 30.0. The van der Waals surface area contributed by atoms with Crippen molar-refractivity contribution in [2.24, 2.45) is 0 Å². The van der Waals surface area contributed by atoms with Crippen molar-refractivity contribution in [2.75, 3.05) is 40.9 Å². The van der Waals surface area contributed by atoms with E-state index in [0.29, 0.717) is 11.0 Å². The lowest BCUT2D eigenvalue weighted by Gasteiger charge is -2.29. The lowest BCUT2D eigenvalue weighted by atomic mass is 10.0. The van der Waals surface area contributed by atoms with Crippen LogP contribution in [-0.2, 0) is 18.4 Å². The maximum Gasteiger partial charge on any atom is 0.268 e. The first-order chi connectivity index (χ1) is 21.0. The number of carbonyl (C=O) groups excluding carboxylic acids is 1. The summed E-state index contributed by atoms with van der Waals surface area (Å²) in [6.45, 7) is 4.05. The van der Waals surface area contributed by atoms with E-state index < -0.39 is 26.6 Å². The van der Waals surface area contributed by atoms with Crippen molar-refractivity contribution < 1.29 is 32.9 Å². The molecule has 0 aromatic rings. The molecule has 0 aromatic heterocycles. The number of allylic oxidation sites excluding steroid dienone is 3. The molecule has 2 N–H and O–H groups in total. The minimum absolute atomic E-state index is 0.00822. The van der Waals surface area contributed by atoms with Crippen molar-refractivity contribution in [1.29, 1.82) is 0 Å². The number of hydrogen-bond acceptors (Lipinski definition) is 6. The van der Waals surface area contributed by atoms with Gasteiger partial charge in [0.15, 0.2) is 0 Å². The van der Waals surface area contributed by atoms with Crippen LogP contribution in [0.15, 0.2) is 24.3 Å². The molecular formula is C35H69N2O6P. The maximum atomic E-state index is 12.1. The minimum atomic E-state index is -4.55. The summed E-state index contributed by atoms with van der Waals surface area (Å²) in [5, 5.41) is 13.2. The van der Waals surface area contributed by atoms with E-state index in [4.69, 9.17) is 9.05 Å². The molecule has 3 atom stereocenters. The lowest BCUT2D eigenvalue weighted by Crippen LogP contribution is -2.45. The van der Waals surface area contributed by atoms with E-state index in [1.807, 2.05) is 27.2 Å². The number of phosphoric acid groups is 1. The van der Waals surface area contributed by atoms with Crippen LogP contribution in [0.3, 0.4) is 0 Å². The number of likely N-dealkylation sites (N-methyl/N-ethyl adjacent to an activating group) is 1. The van der Waals surface area contributed by atoms with E-state index in [1.165, 1.54) is 103 Å². The quantitative estimate of drug-likeness (QED) is 0.0343. The molecule has 0 rings (SSSR count). The normalized spacial score (nSPS) is 15.2. The fourth-order valence-electron chi connectivity index (χ4n) is 4.78. The maximum absolute atomic E-state index is 12.1. The number of nitrogens with zero attached hydrogens (tertiary/aromatic N) is 1. The van der Waals surface area contributed by atoms with E-state index in [9.17, 15) is 19.4 Å². The SMILES string of the molecule is CCCCCCCCCCCCCCCCCC/C=C/CC/C=C/C(O)C(COP(=O)([O-])OCC[N+](C)(C)C)NC(=O)CC. The highest BCUT2D eigenvalue weighted by Crippen LogP contribution is 2.38. The third kappa shape index (κ3) is 29.7. The average molecular weight is 645 g/mol. The summed E-state index contributed by atoms with van der Waals surface area (Å²) >= 11 is 0. The van der Waals surface area contributed by atoms with Crippen molar-refractivity contribution in [1.82, 2.24) is 5.32 Å². The highest BCUT2D eigenvalue weighted by molar-refractivity contribution is 7.45. The monoisotopic (exact) mass is 644 g/mol. The first kappa shape index (κ1) is 43.0. The molecule has 0 aliphatic heterocycles. The lowest BCUT2D eigenvalue weighted by molar-refractivity contribution is -0.870. The van der Waals surface area contributed by atoms with Gasteiger partial charge in [0.2, 0.25) is 5.91 Å². The van der Waals surface area contributed by atoms with Gasteiger partial charge in [-0.25, -0.2) is 0 Å². The Morgan fingerprint density at radius 1 is 0.773 bits per heavy atom. The summed E-state index contributed by atoms with van der Waals surface area (Å²) in [6, 6.07) is -0.895. The molecule has 0 fully saturated rings.